The molecule has 1 unspecified atom stereocenters. The molecule has 0 saturated heterocycles. The first-order valence-electron chi connectivity index (χ1n) is 5.35. The van der Waals surface area contributed by atoms with Crippen LogP contribution in [0.3, 0.4) is 0 Å². The number of benzene rings is 1. The molecule has 0 spiro atoms. The van der Waals surface area contributed by atoms with Crippen LogP contribution in [-0.4, -0.2) is 11.2 Å². The van der Waals surface area contributed by atoms with E-state index < -0.39 is 0 Å². The first-order valence-corrected chi connectivity index (χ1v) is 6.23. The minimum atomic E-state index is -0.0998. The van der Waals surface area contributed by atoms with Gasteiger partial charge in [0, 0.05) is 16.6 Å². The molecule has 0 aliphatic heterocycles. The lowest BCUT2D eigenvalue weighted by Gasteiger charge is -2.12. The lowest BCUT2D eigenvalue weighted by atomic mass is 10.2. The molecule has 1 rings (SSSR count). The summed E-state index contributed by atoms with van der Waals surface area (Å²) in [5.41, 5.74) is 3.43. The zero-order chi connectivity index (χ0) is 12.0. The molecule has 16 heavy (non-hydrogen) atoms. The number of carbonyl (C=O) groups is 1. The van der Waals surface area contributed by atoms with Crippen LogP contribution in [0.25, 0.3) is 0 Å². The van der Waals surface area contributed by atoms with Crippen molar-refractivity contribution in [1.82, 2.24) is 5.43 Å². The van der Waals surface area contributed by atoms with Crippen molar-refractivity contribution in [3.8, 4) is 0 Å². The summed E-state index contributed by atoms with van der Waals surface area (Å²) >= 11 is 1.80. The summed E-state index contributed by atoms with van der Waals surface area (Å²) in [6.07, 6.45) is 1.32. The summed E-state index contributed by atoms with van der Waals surface area (Å²) in [7, 11) is 0. The molecule has 88 valence electrons. The molecule has 0 saturated carbocycles. The number of hydrogen-bond donors (Lipinski definition) is 2. The molecule has 0 heterocycles. The van der Waals surface area contributed by atoms with Gasteiger partial charge >= 0.3 is 0 Å². The second-order valence-corrected chi connectivity index (χ2v) is 5.28. The Balaban J connectivity index is 2.43. The predicted molar refractivity (Wildman–Crippen MR) is 68.1 cm³/mol. The number of carbonyl (C=O) groups excluding carboxylic acids is 1. The molecule has 0 aromatic heterocycles. The van der Waals surface area contributed by atoms with Gasteiger partial charge in [-0.1, -0.05) is 25.1 Å². The first-order chi connectivity index (χ1) is 7.63. The van der Waals surface area contributed by atoms with Gasteiger partial charge in [-0.3, -0.25) is 10.2 Å². The van der Waals surface area contributed by atoms with Crippen molar-refractivity contribution in [1.29, 1.82) is 0 Å². The van der Waals surface area contributed by atoms with Gasteiger partial charge in [-0.05, 0) is 25.0 Å². The molecule has 3 nitrogen and oxygen atoms in total. The molecule has 0 bridgehead atoms. The normalized spacial score (nSPS) is 12.2. The largest absolute Gasteiger partial charge is 0.294 e. The lowest BCUT2D eigenvalue weighted by Crippen LogP contribution is -2.30. The van der Waals surface area contributed by atoms with E-state index in [0.717, 1.165) is 6.42 Å². The number of thioether (sulfide) groups is 1. The van der Waals surface area contributed by atoms with E-state index in [1.807, 2.05) is 12.1 Å². The van der Waals surface area contributed by atoms with Gasteiger partial charge in [0.25, 0.3) is 0 Å². The highest BCUT2D eigenvalue weighted by Crippen LogP contribution is 2.28. The Hall–Kier alpha value is -1.00. The highest BCUT2D eigenvalue weighted by Gasteiger charge is 2.08. The molecular formula is C12H18N2OS. The predicted octanol–water partition coefficient (Wildman–Crippen LogP) is 2.25. The maximum absolute atomic E-state index is 11.0. The molecule has 1 aromatic carbocycles. The number of hydrazine groups is 1. The van der Waals surface area contributed by atoms with Crippen LogP contribution in [0.15, 0.2) is 29.2 Å². The van der Waals surface area contributed by atoms with Gasteiger partial charge in [0.05, 0.1) is 0 Å². The van der Waals surface area contributed by atoms with Crippen molar-refractivity contribution in [3.63, 3.8) is 0 Å². The molecule has 0 aliphatic rings. The van der Waals surface area contributed by atoms with Crippen LogP contribution < -0.4 is 11.3 Å². The molecule has 0 fully saturated rings. The summed E-state index contributed by atoms with van der Waals surface area (Å²) in [5, 5.41) is 0.415. The average Bonchev–Trinajstić information content (AvgIpc) is 2.29. The van der Waals surface area contributed by atoms with Crippen molar-refractivity contribution < 1.29 is 4.79 Å². The van der Waals surface area contributed by atoms with Gasteiger partial charge in [-0.2, -0.15) is 0 Å². The van der Waals surface area contributed by atoms with Crippen molar-refractivity contribution in [2.75, 3.05) is 0 Å². The highest BCUT2D eigenvalue weighted by molar-refractivity contribution is 8.00. The zero-order valence-electron chi connectivity index (χ0n) is 9.69. The van der Waals surface area contributed by atoms with E-state index in [1.54, 1.807) is 11.8 Å². The van der Waals surface area contributed by atoms with E-state index in [9.17, 15) is 4.79 Å². The second-order valence-electron chi connectivity index (χ2n) is 3.80. The lowest BCUT2D eigenvalue weighted by molar-refractivity contribution is -0.121. The van der Waals surface area contributed by atoms with Crippen LogP contribution in [0.1, 0.15) is 25.3 Å². The molecule has 4 heteroatoms. The van der Waals surface area contributed by atoms with Gasteiger partial charge < -0.3 is 0 Å². The summed E-state index contributed by atoms with van der Waals surface area (Å²) in [4.78, 5) is 12.3. The van der Waals surface area contributed by atoms with Crippen molar-refractivity contribution >= 4 is 17.7 Å². The van der Waals surface area contributed by atoms with Gasteiger partial charge in [-0.25, -0.2) is 5.84 Å². The molecule has 1 aromatic rings. The van der Waals surface area contributed by atoms with E-state index in [1.165, 1.54) is 10.5 Å². The van der Waals surface area contributed by atoms with E-state index in [4.69, 9.17) is 5.84 Å². The Morgan fingerprint density at radius 2 is 2.19 bits per heavy atom. The van der Waals surface area contributed by atoms with Crippen LogP contribution >= 0.6 is 11.8 Å². The van der Waals surface area contributed by atoms with E-state index in [2.05, 4.69) is 31.4 Å². The maximum atomic E-state index is 11.0. The number of amides is 1. The standard InChI is InChI=1S/C12H18N2OS/c1-9-5-3-4-6-11(9)16-10(2)7-8-12(15)14-13/h3-6,10H,7-8,13H2,1-2H3,(H,14,15). The smallest absolute Gasteiger partial charge is 0.233 e. The fourth-order valence-electron chi connectivity index (χ4n) is 1.37. The van der Waals surface area contributed by atoms with Crippen LogP contribution in [-0.2, 0) is 4.79 Å². The van der Waals surface area contributed by atoms with Gasteiger partial charge in [0.15, 0.2) is 0 Å². The fourth-order valence-corrected chi connectivity index (χ4v) is 2.45. The third-order valence-electron chi connectivity index (χ3n) is 2.36. The fraction of sp³-hybridized carbons (Fsp3) is 0.417. The topological polar surface area (TPSA) is 55.1 Å². The molecule has 0 aliphatic carbocycles. The second kappa shape index (κ2) is 6.55. The quantitative estimate of drug-likeness (QED) is 0.358. The highest BCUT2D eigenvalue weighted by atomic mass is 32.2. The summed E-state index contributed by atoms with van der Waals surface area (Å²) < 4.78 is 0. The Kier molecular flexibility index (Phi) is 5.35. The van der Waals surface area contributed by atoms with Crippen LogP contribution in [0.2, 0.25) is 0 Å². The summed E-state index contributed by atoms with van der Waals surface area (Å²) in [6.45, 7) is 4.22. The molecule has 1 amide bonds. The monoisotopic (exact) mass is 238 g/mol. The maximum Gasteiger partial charge on any atom is 0.233 e. The van der Waals surface area contributed by atoms with Crippen LogP contribution in [0, 0.1) is 6.92 Å². The number of aryl methyl sites for hydroxylation is 1. The third-order valence-corrected chi connectivity index (χ3v) is 3.71. The third kappa shape index (κ3) is 4.24. The molecule has 0 radical (unpaired) electrons. The Bertz CT molecular complexity index is 355. The number of nitrogens with one attached hydrogen (secondary N) is 1. The zero-order valence-corrected chi connectivity index (χ0v) is 10.5. The Labute approximate surface area is 101 Å². The minimum Gasteiger partial charge on any atom is -0.294 e. The van der Waals surface area contributed by atoms with Gasteiger partial charge in [0.1, 0.15) is 0 Å². The van der Waals surface area contributed by atoms with E-state index >= 15 is 0 Å². The number of rotatable bonds is 5. The number of nitrogens with two attached hydrogens (primary N) is 1. The Morgan fingerprint density at radius 1 is 1.50 bits per heavy atom. The average molecular weight is 238 g/mol. The van der Waals surface area contributed by atoms with Crippen LogP contribution in [0.5, 0.6) is 0 Å². The van der Waals surface area contributed by atoms with Crippen molar-refractivity contribution in [2.45, 2.75) is 36.8 Å². The Morgan fingerprint density at radius 3 is 2.81 bits per heavy atom. The summed E-state index contributed by atoms with van der Waals surface area (Å²) in [6, 6.07) is 8.28. The van der Waals surface area contributed by atoms with E-state index in [-0.39, 0.29) is 5.91 Å². The van der Waals surface area contributed by atoms with Crippen LogP contribution in [0.4, 0.5) is 0 Å². The minimum absolute atomic E-state index is 0.0998. The summed E-state index contributed by atoms with van der Waals surface area (Å²) in [5.74, 6) is 4.93. The number of hydrogen-bond acceptors (Lipinski definition) is 3. The van der Waals surface area contributed by atoms with Crippen molar-refractivity contribution in [2.24, 2.45) is 5.84 Å². The molecule has 3 N–H and O–H groups in total. The van der Waals surface area contributed by atoms with Crippen molar-refractivity contribution in [3.05, 3.63) is 29.8 Å². The van der Waals surface area contributed by atoms with Gasteiger partial charge in [-0.15, -0.1) is 11.8 Å². The molecular weight excluding hydrogens is 220 g/mol. The molecule has 1 atom stereocenters. The SMILES string of the molecule is Cc1ccccc1SC(C)CCC(=O)NN. The van der Waals surface area contributed by atoms with Gasteiger partial charge in [0.2, 0.25) is 5.91 Å². The first kappa shape index (κ1) is 13.1. The van der Waals surface area contributed by atoms with E-state index in [0.29, 0.717) is 11.7 Å².